The molecule has 0 spiro atoms. The Kier molecular flexibility index (Phi) is 5.56. The van der Waals surface area contributed by atoms with Crippen LogP contribution in [0.3, 0.4) is 0 Å². The van der Waals surface area contributed by atoms with Gasteiger partial charge in [0.25, 0.3) is 0 Å². The van der Waals surface area contributed by atoms with Crippen molar-refractivity contribution in [2.75, 3.05) is 31.2 Å². The molecule has 2 saturated heterocycles. The number of benzene rings is 2. The Morgan fingerprint density at radius 2 is 1.72 bits per heavy atom. The summed E-state index contributed by atoms with van der Waals surface area (Å²) in [6.07, 6.45) is 0. The Labute approximate surface area is 174 Å². The van der Waals surface area contributed by atoms with Crippen LogP contribution in [0.1, 0.15) is 22.0 Å². The van der Waals surface area contributed by atoms with E-state index in [1.165, 1.54) is 0 Å². The van der Waals surface area contributed by atoms with Gasteiger partial charge in [0.2, 0.25) is 0 Å². The highest BCUT2D eigenvalue weighted by atomic mass is 35.5. The molecule has 2 fully saturated rings. The summed E-state index contributed by atoms with van der Waals surface area (Å²) >= 11 is 5.94. The maximum Gasteiger partial charge on any atom is 0.319 e. The van der Waals surface area contributed by atoms with Gasteiger partial charge in [-0.1, -0.05) is 30.3 Å². The van der Waals surface area contributed by atoms with Crippen LogP contribution in [-0.4, -0.2) is 38.1 Å². The fourth-order valence-corrected chi connectivity index (χ4v) is 3.90. The highest BCUT2D eigenvalue weighted by Gasteiger charge is 2.38. The summed E-state index contributed by atoms with van der Waals surface area (Å²) < 4.78 is 5.40. The van der Waals surface area contributed by atoms with Gasteiger partial charge in [-0.2, -0.15) is 0 Å². The third-order valence-corrected chi connectivity index (χ3v) is 5.56. The van der Waals surface area contributed by atoms with E-state index >= 15 is 0 Å². The number of morpholine rings is 1. The molecule has 150 valence electrons. The lowest BCUT2D eigenvalue weighted by Gasteiger charge is -2.34. The predicted molar refractivity (Wildman–Crippen MR) is 112 cm³/mol. The number of nitrogens with zero attached hydrogens (tertiary/aromatic N) is 1. The number of halogens is 1. The SMILES string of the molecule is C=C1NC(=O)N[C@@H](c2ccc(N3CCOCC3)cc2)[C@H]1C(=O)c1ccc(Cl)cc1. The van der Waals surface area contributed by atoms with E-state index in [1.54, 1.807) is 24.3 Å². The van der Waals surface area contributed by atoms with E-state index in [0.717, 1.165) is 24.3 Å². The molecule has 2 aromatic carbocycles. The molecule has 4 rings (SSSR count). The van der Waals surface area contributed by atoms with Crippen molar-refractivity contribution in [3.05, 3.63) is 77.0 Å². The number of ether oxygens (including phenoxy) is 1. The van der Waals surface area contributed by atoms with Crippen LogP contribution in [0.25, 0.3) is 0 Å². The topological polar surface area (TPSA) is 70.7 Å². The van der Waals surface area contributed by atoms with Gasteiger partial charge >= 0.3 is 6.03 Å². The number of nitrogens with one attached hydrogen (secondary N) is 2. The molecule has 2 aliphatic rings. The van der Waals surface area contributed by atoms with Crippen LogP contribution in [0.5, 0.6) is 0 Å². The minimum atomic E-state index is -0.622. The van der Waals surface area contributed by atoms with Gasteiger partial charge < -0.3 is 20.3 Å². The van der Waals surface area contributed by atoms with Crippen molar-refractivity contribution in [1.29, 1.82) is 0 Å². The van der Waals surface area contributed by atoms with Crippen molar-refractivity contribution in [3.8, 4) is 0 Å². The minimum Gasteiger partial charge on any atom is -0.378 e. The molecule has 0 aromatic heterocycles. The molecule has 2 atom stereocenters. The van der Waals surface area contributed by atoms with Crippen LogP contribution in [0.4, 0.5) is 10.5 Å². The second-order valence-electron chi connectivity index (χ2n) is 7.14. The van der Waals surface area contributed by atoms with Gasteiger partial charge in [0, 0.05) is 35.1 Å². The average molecular weight is 412 g/mol. The predicted octanol–water partition coefficient (Wildman–Crippen LogP) is 3.54. The number of hydrogen-bond donors (Lipinski definition) is 2. The smallest absolute Gasteiger partial charge is 0.319 e. The van der Waals surface area contributed by atoms with E-state index in [1.807, 2.05) is 24.3 Å². The van der Waals surface area contributed by atoms with E-state index < -0.39 is 12.0 Å². The van der Waals surface area contributed by atoms with Crippen molar-refractivity contribution < 1.29 is 14.3 Å². The van der Waals surface area contributed by atoms with Crippen LogP contribution >= 0.6 is 11.6 Å². The van der Waals surface area contributed by atoms with Crippen molar-refractivity contribution in [3.63, 3.8) is 0 Å². The van der Waals surface area contributed by atoms with E-state index in [9.17, 15) is 9.59 Å². The Morgan fingerprint density at radius 1 is 1.07 bits per heavy atom. The molecule has 7 heteroatoms. The summed E-state index contributed by atoms with van der Waals surface area (Å²) in [5.74, 6) is -0.746. The van der Waals surface area contributed by atoms with E-state index in [0.29, 0.717) is 29.5 Å². The number of rotatable bonds is 4. The Bertz CT molecular complexity index is 921. The first-order valence-corrected chi connectivity index (χ1v) is 9.89. The summed E-state index contributed by atoms with van der Waals surface area (Å²) in [6.45, 7) is 7.05. The Hall–Kier alpha value is -2.83. The first-order valence-electron chi connectivity index (χ1n) is 9.51. The lowest BCUT2D eigenvalue weighted by Crippen LogP contribution is -2.50. The molecule has 2 N–H and O–H groups in total. The van der Waals surface area contributed by atoms with Crippen molar-refractivity contribution in [1.82, 2.24) is 10.6 Å². The summed E-state index contributed by atoms with van der Waals surface area (Å²) in [7, 11) is 0. The monoisotopic (exact) mass is 411 g/mol. The largest absolute Gasteiger partial charge is 0.378 e. The zero-order chi connectivity index (χ0) is 20.4. The molecule has 0 radical (unpaired) electrons. The molecular weight excluding hydrogens is 390 g/mol. The van der Waals surface area contributed by atoms with E-state index in [4.69, 9.17) is 16.3 Å². The van der Waals surface area contributed by atoms with E-state index in [2.05, 4.69) is 22.1 Å². The minimum absolute atomic E-state index is 0.124. The summed E-state index contributed by atoms with van der Waals surface area (Å²) in [5.41, 5.74) is 2.85. The number of amides is 2. The van der Waals surface area contributed by atoms with Crippen molar-refractivity contribution in [2.24, 2.45) is 5.92 Å². The number of anilines is 1. The van der Waals surface area contributed by atoms with E-state index in [-0.39, 0.29) is 11.8 Å². The van der Waals surface area contributed by atoms with Gasteiger partial charge in [-0.15, -0.1) is 0 Å². The number of hydrogen-bond acceptors (Lipinski definition) is 4. The number of carbonyl (C=O) groups is 2. The molecule has 2 aromatic rings. The van der Waals surface area contributed by atoms with Crippen molar-refractivity contribution in [2.45, 2.75) is 6.04 Å². The molecule has 2 amide bonds. The summed E-state index contributed by atoms with van der Waals surface area (Å²) in [5, 5.41) is 6.08. The molecule has 0 unspecified atom stereocenters. The molecule has 0 saturated carbocycles. The fourth-order valence-electron chi connectivity index (χ4n) is 3.78. The molecular formula is C22H22ClN3O3. The first-order chi connectivity index (χ1) is 14.0. The van der Waals surface area contributed by atoms with Gasteiger partial charge in [0.15, 0.2) is 5.78 Å². The molecule has 29 heavy (non-hydrogen) atoms. The quantitative estimate of drug-likeness (QED) is 0.755. The highest BCUT2D eigenvalue weighted by molar-refractivity contribution is 6.30. The van der Waals surface area contributed by atoms with Crippen LogP contribution in [0, 0.1) is 5.92 Å². The summed E-state index contributed by atoms with van der Waals surface area (Å²) in [6, 6.07) is 13.8. The molecule has 0 bridgehead atoms. The lowest BCUT2D eigenvalue weighted by molar-refractivity contribution is 0.0905. The zero-order valence-corrected chi connectivity index (χ0v) is 16.6. The maximum atomic E-state index is 13.2. The van der Waals surface area contributed by atoms with Gasteiger partial charge in [0.05, 0.1) is 25.2 Å². The average Bonchev–Trinajstić information content (AvgIpc) is 2.74. The first kappa shape index (κ1) is 19.5. The zero-order valence-electron chi connectivity index (χ0n) is 15.9. The van der Waals surface area contributed by atoms with Crippen LogP contribution in [-0.2, 0) is 4.74 Å². The lowest BCUT2D eigenvalue weighted by atomic mass is 9.83. The third kappa shape index (κ3) is 4.13. The van der Waals surface area contributed by atoms with Gasteiger partial charge in [-0.05, 0) is 42.0 Å². The Balaban J connectivity index is 1.61. The standard InChI is InChI=1S/C22H22ClN3O3/c1-14-19(21(27)16-2-6-17(23)7-3-16)20(25-22(28)24-14)15-4-8-18(9-5-15)26-10-12-29-13-11-26/h2-9,19-20H,1,10-13H2,(H2,24,25,28)/t19-,20-/m0/s1. The third-order valence-electron chi connectivity index (χ3n) is 5.31. The second kappa shape index (κ2) is 8.27. The highest BCUT2D eigenvalue weighted by Crippen LogP contribution is 2.33. The van der Waals surface area contributed by atoms with Crippen LogP contribution in [0.2, 0.25) is 5.02 Å². The van der Waals surface area contributed by atoms with Crippen LogP contribution < -0.4 is 15.5 Å². The van der Waals surface area contributed by atoms with Crippen LogP contribution in [0.15, 0.2) is 60.8 Å². The summed E-state index contributed by atoms with van der Waals surface area (Å²) in [4.78, 5) is 27.5. The molecule has 2 aliphatic heterocycles. The second-order valence-corrected chi connectivity index (χ2v) is 7.58. The number of Topliss-reactive ketones (excluding diaryl/α,β-unsaturated/α-hetero) is 1. The van der Waals surface area contributed by atoms with Gasteiger partial charge in [-0.25, -0.2) is 4.79 Å². The fraction of sp³-hybridized carbons (Fsp3) is 0.273. The number of carbonyl (C=O) groups excluding carboxylic acids is 2. The number of ketones is 1. The number of urea groups is 1. The Morgan fingerprint density at radius 3 is 2.38 bits per heavy atom. The van der Waals surface area contributed by atoms with Gasteiger partial charge in [0.1, 0.15) is 0 Å². The van der Waals surface area contributed by atoms with Gasteiger partial charge in [-0.3, -0.25) is 4.79 Å². The normalized spacial score (nSPS) is 22.0. The molecule has 6 nitrogen and oxygen atoms in total. The maximum absolute atomic E-state index is 13.2. The van der Waals surface area contributed by atoms with Crippen molar-refractivity contribution >= 4 is 29.1 Å². The molecule has 0 aliphatic carbocycles. The molecule has 2 heterocycles.